The van der Waals surface area contributed by atoms with E-state index in [1.54, 1.807) is 6.07 Å². The highest BCUT2D eigenvalue weighted by molar-refractivity contribution is 9.10. The molecule has 3 N–H and O–H groups in total. The number of aromatic nitrogens is 2. The lowest BCUT2D eigenvalue weighted by Gasteiger charge is -2.08. The third-order valence-corrected chi connectivity index (χ3v) is 2.61. The van der Waals surface area contributed by atoms with Crippen LogP contribution in [0.5, 0.6) is 11.6 Å². The van der Waals surface area contributed by atoms with Crippen LogP contribution < -0.4 is 16.0 Å². The first kappa shape index (κ1) is 13.0. The fraction of sp³-hybridized carbons (Fsp3) is 0. The van der Waals surface area contributed by atoms with Gasteiger partial charge in [-0.05, 0) is 12.1 Å². The van der Waals surface area contributed by atoms with Crippen LogP contribution in [0, 0.1) is 5.82 Å². The molecular formula is C10H7BrClFN4O. The number of nitrogen functional groups attached to an aromatic ring is 1. The second-order valence-electron chi connectivity index (χ2n) is 3.20. The molecule has 0 aliphatic carbocycles. The molecule has 2 aromatic rings. The largest absolute Gasteiger partial charge is 0.437 e. The number of rotatable bonds is 3. The number of ether oxygens (including phenoxy) is 1. The second kappa shape index (κ2) is 5.47. The van der Waals surface area contributed by atoms with Crippen molar-refractivity contribution >= 4 is 33.5 Å². The van der Waals surface area contributed by atoms with E-state index in [4.69, 9.17) is 22.2 Å². The molecule has 1 aromatic carbocycles. The Morgan fingerprint density at radius 3 is 2.83 bits per heavy atom. The molecule has 18 heavy (non-hydrogen) atoms. The van der Waals surface area contributed by atoms with E-state index < -0.39 is 5.82 Å². The van der Waals surface area contributed by atoms with Crippen LogP contribution in [0.15, 0.2) is 28.9 Å². The summed E-state index contributed by atoms with van der Waals surface area (Å²) in [5, 5.41) is 0.189. The van der Waals surface area contributed by atoms with Gasteiger partial charge < -0.3 is 4.74 Å². The standard InChI is InChI=1S/C10H7BrClFN4O/c11-5-1-6(13)3-7(2-5)18-9-8(12)4-15-10(16-9)17-14/h1-4H,14H2,(H,15,16,17). The van der Waals surface area contributed by atoms with Crippen molar-refractivity contribution in [3.05, 3.63) is 39.7 Å². The van der Waals surface area contributed by atoms with Crippen molar-refractivity contribution in [3.8, 4) is 11.6 Å². The Morgan fingerprint density at radius 2 is 2.17 bits per heavy atom. The lowest BCUT2D eigenvalue weighted by molar-refractivity contribution is 0.457. The van der Waals surface area contributed by atoms with Crippen molar-refractivity contribution < 1.29 is 9.13 Å². The average Bonchev–Trinajstić information content (AvgIpc) is 2.30. The van der Waals surface area contributed by atoms with Crippen LogP contribution in [0.1, 0.15) is 0 Å². The Hall–Kier alpha value is -1.44. The van der Waals surface area contributed by atoms with Crippen LogP contribution in [0.25, 0.3) is 0 Å². The number of benzene rings is 1. The number of hydrazine groups is 1. The Kier molecular flexibility index (Phi) is 3.95. The third-order valence-electron chi connectivity index (χ3n) is 1.89. The maximum atomic E-state index is 13.2. The molecule has 0 unspecified atom stereocenters. The van der Waals surface area contributed by atoms with Gasteiger partial charge in [0, 0.05) is 10.5 Å². The summed E-state index contributed by atoms with van der Waals surface area (Å²) in [5.41, 5.74) is 2.26. The first-order valence-electron chi connectivity index (χ1n) is 4.71. The number of hydrogen-bond donors (Lipinski definition) is 2. The summed E-state index contributed by atoms with van der Waals surface area (Å²) in [7, 11) is 0. The molecule has 8 heteroatoms. The van der Waals surface area contributed by atoms with Gasteiger partial charge in [0.2, 0.25) is 11.8 Å². The molecule has 0 atom stereocenters. The molecule has 2 rings (SSSR count). The zero-order chi connectivity index (χ0) is 13.1. The van der Waals surface area contributed by atoms with Gasteiger partial charge >= 0.3 is 0 Å². The fourth-order valence-corrected chi connectivity index (χ4v) is 1.77. The van der Waals surface area contributed by atoms with Crippen molar-refractivity contribution in [2.24, 2.45) is 5.84 Å². The smallest absolute Gasteiger partial charge is 0.243 e. The van der Waals surface area contributed by atoms with Crippen molar-refractivity contribution in [1.82, 2.24) is 9.97 Å². The van der Waals surface area contributed by atoms with E-state index in [1.807, 2.05) is 0 Å². The molecule has 0 radical (unpaired) electrons. The van der Waals surface area contributed by atoms with Crippen LogP contribution in [0.2, 0.25) is 5.02 Å². The highest BCUT2D eigenvalue weighted by atomic mass is 79.9. The SMILES string of the molecule is NNc1ncc(Cl)c(Oc2cc(F)cc(Br)c2)n1. The van der Waals surface area contributed by atoms with E-state index in [2.05, 4.69) is 31.3 Å². The van der Waals surface area contributed by atoms with Crippen LogP contribution >= 0.6 is 27.5 Å². The zero-order valence-corrected chi connectivity index (χ0v) is 11.2. The summed E-state index contributed by atoms with van der Waals surface area (Å²) in [6.45, 7) is 0. The summed E-state index contributed by atoms with van der Waals surface area (Å²) < 4.78 is 19.1. The van der Waals surface area contributed by atoms with Crippen LogP contribution in [-0.2, 0) is 0 Å². The zero-order valence-electron chi connectivity index (χ0n) is 8.82. The summed E-state index contributed by atoms with van der Waals surface area (Å²) in [6, 6.07) is 4.09. The van der Waals surface area contributed by atoms with Gasteiger partial charge in [-0.25, -0.2) is 15.2 Å². The number of nitrogens with zero attached hydrogens (tertiary/aromatic N) is 2. The van der Waals surface area contributed by atoms with Gasteiger partial charge in [-0.2, -0.15) is 4.98 Å². The second-order valence-corrected chi connectivity index (χ2v) is 4.52. The van der Waals surface area contributed by atoms with Gasteiger partial charge in [-0.1, -0.05) is 27.5 Å². The summed E-state index contributed by atoms with van der Waals surface area (Å²) in [4.78, 5) is 7.70. The first-order chi connectivity index (χ1) is 8.58. The Bertz CT molecular complexity index is 564. The lowest BCUT2D eigenvalue weighted by atomic mass is 10.3. The topological polar surface area (TPSA) is 73.1 Å². The molecule has 1 heterocycles. The first-order valence-corrected chi connectivity index (χ1v) is 5.88. The molecule has 0 saturated heterocycles. The molecular weight excluding hydrogens is 326 g/mol. The van der Waals surface area contributed by atoms with Gasteiger partial charge in [-0.15, -0.1) is 0 Å². The molecule has 0 amide bonds. The molecule has 0 bridgehead atoms. The molecule has 0 spiro atoms. The molecule has 0 saturated carbocycles. The van der Waals surface area contributed by atoms with Crippen LogP contribution in [0.3, 0.4) is 0 Å². The highest BCUT2D eigenvalue weighted by Gasteiger charge is 2.09. The maximum absolute atomic E-state index is 13.2. The van der Waals surface area contributed by atoms with E-state index in [-0.39, 0.29) is 22.6 Å². The van der Waals surface area contributed by atoms with E-state index >= 15 is 0 Å². The van der Waals surface area contributed by atoms with Crippen LogP contribution in [-0.4, -0.2) is 9.97 Å². The quantitative estimate of drug-likeness (QED) is 0.667. The van der Waals surface area contributed by atoms with Crippen molar-refractivity contribution in [3.63, 3.8) is 0 Å². The third kappa shape index (κ3) is 3.06. The summed E-state index contributed by atoms with van der Waals surface area (Å²) >= 11 is 9.01. The van der Waals surface area contributed by atoms with E-state index in [0.29, 0.717) is 4.47 Å². The fourth-order valence-electron chi connectivity index (χ4n) is 1.19. The van der Waals surface area contributed by atoms with Gasteiger partial charge in [0.1, 0.15) is 16.6 Å². The number of anilines is 1. The minimum absolute atomic E-state index is 0.0807. The Morgan fingerprint density at radius 1 is 1.39 bits per heavy atom. The summed E-state index contributed by atoms with van der Waals surface area (Å²) in [5.74, 6) is 5.21. The van der Waals surface area contributed by atoms with Gasteiger partial charge in [-0.3, -0.25) is 5.43 Å². The molecule has 5 nitrogen and oxygen atoms in total. The van der Waals surface area contributed by atoms with Crippen molar-refractivity contribution in [1.29, 1.82) is 0 Å². The lowest BCUT2D eigenvalue weighted by Crippen LogP contribution is -2.10. The van der Waals surface area contributed by atoms with Gasteiger partial charge in [0.15, 0.2) is 0 Å². The van der Waals surface area contributed by atoms with Crippen LogP contribution in [0.4, 0.5) is 10.3 Å². The predicted molar refractivity (Wildman–Crippen MR) is 69.0 cm³/mol. The average molecular weight is 334 g/mol. The number of hydrogen-bond acceptors (Lipinski definition) is 5. The summed E-state index contributed by atoms with van der Waals surface area (Å²) in [6.07, 6.45) is 1.33. The maximum Gasteiger partial charge on any atom is 0.243 e. The number of nitrogens with two attached hydrogens (primary N) is 1. The minimum Gasteiger partial charge on any atom is -0.437 e. The van der Waals surface area contributed by atoms with E-state index in [9.17, 15) is 4.39 Å². The molecule has 0 aliphatic rings. The number of halogens is 3. The Labute approximate surface area is 115 Å². The van der Waals surface area contributed by atoms with Crippen molar-refractivity contribution in [2.75, 3.05) is 5.43 Å². The minimum atomic E-state index is -0.443. The van der Waals surface area contributed by atoms with Crippen molar-refractivity contribution in [2.45, 2.75) is 0 Å². The molecule has 0 fully saturated rings. The van der Waals surface area contributed by atoms with Gasteiger partial charge in [0.05, 0.1) is 6.20 Å². The van der Waals surface area contributed by atoms with Gasteiger partial charge in [0.25, 0.3) is 0 Å². The van der Waals surface area contributed by atoms with E-state index in [0.717, 1.165) is 0 Å². The predicted octanol–water partition coefficient (Wildman–Crippen LogP) is 3.11. The van der Waals surface area contributed by atoms with E-state index in [1.165, 1.54) is 18.3 Å². The monoisotopic (exact) mass is 332 g/mol. The molecule has 1 aromatic heterocycles. The normalized spacial score (nSPS) is 10.2. The highest BCUT2D eigenvalue weighted by Crippen LogP contribution is 2.29. The molecule has 94 valence electrons. The number of nitrogens with one attached hydrogen (secondary N) is 1. The Balaban J connectivity index is 2.33. The molecule has 0 aliphatic heterocycles.